The zero-order valence-corrected chi connectivity index (χ0v) is 14.8. The molecule has 2 N–H and O–H groups in total. The standard InChI is InChI=1S/C22H27N3/c23-10-5-11-24-12-14-25(15-13-24)17-22-20-8-3-1-6-18(20)16-19-7-2-4-9-21(19)22/h1-4,6-9,16H,5,10-15,17,23H2. The van der Waals surface area contributed by atoms with Gasteiger partial charge in [0.2, 0.25) is 0 Å². The molecule has 4 rings (SSSR count). The van der Waals surface area contributed by atoms with Gasteiger partial charge in [0.25, 0.3) is 0 Å². The summed E-state index contributed by atoms with van der Waals surface area (Å²) in [6, 6.07) is 19.9. The van der Waals surface area contributed by atoms with Crippen molar-refractivity contribution in [2.24, 2.45) is 5.73 Å². The van der Waals surface area contributed by atoms with E-state index >= 15 is 0 Å². The Morgan fingerprint density at radius 1 is 0.760 bits per heavy atom. The second-order valence-electron chi connectivity index (χ2n) is 7.06. The fourth-order valence-electron chi connectivity index (χ4n) is 3.99. The first-order chi connectivity index (χ1) is 12.3. The van der Waals surface area contributed by atoms with Crippen LogP contribution in [0.1, 0.15) is 12.0 Å². The number of nitrogens with two attached hydrogens (primary N) is 1. The highest BCUT2D eigenvalue weighted by atomic mass is 15.3. The lowest BCUT2D eigenvalue weighted by Crippen LogP contribution is -2.46. The van der Waals surface area contributed by atoms with Crippen LogP contribution >= 0.6 is 0 Å². The van der Waals surface area contributed by atoms with Crippen LogP contribution in [0.5, 0.6) is 0 Å². The van der Waals surface area contributed by atoms with Crippen molar-refractivity contribution in [1.29, 1.82) is 0 Å². The smallest absolute Gasteiger partial charge is 0.0247 e. The zero-order chi connectivity index (χ0) is 17.1. The highest BCUT2D eigenvalue weighted by Gasteiger charge is 2.18. The first-order valence-corrected chi connectivity index (χ1v) is 9.39. The van der Waals surface area contributed by atoms with Gasteiger partial charge in [-0.3, -0.25) is 4.90 Å². The van der Waals surface area contributed by atoms with Gasteiger partial charge in [-0.1, -0.05) is 48.5 Å². The van der Waals surface area contributed by atoms with E-state index in [4.69, 9.17) is 5.73 Å². The van der Waals surface area contributed by atoms with Gasteiger partial charge in [-0.25, -0.2) is 0 Å². The second-order valence-corrected chi connectivity index (χ2v) is 7.06. The molecular formula is C22H27N3. The normalized spacial score (nSPS) is 16.7. The molecule has 1 fully saturated rings. The molecule has 1 heterocycles. The third kappa shape index (κ3) is 3.54. The van der Waals surface area contributed by atoms with Crippen LogP contribution in [-0.4, -0.2) is 49.1 Å². The molecule has 0 amide bonds. The lowest BCUT2D eigenvalue weighted by molar-refractivity contribution is 0.127. The molecule has 0 spiro atoms. The molecule has 1 aliphatic rings. The van der Waals surface area contributed by atoms with E-state index in [-0.39, 0.29) is 0 Å². The fraction of sp³-hybridized carbons (Fsp3) is 0.364. The van der Waals surface area contributed by atoms with Gasteiger partial charge in [0.15, 0.2) is 0 Å². The maximum atomic E-state index is 5.64. The van der Waals surface area contributed by atoms with E-state index in [1.165, 1.54) is 27.1 Å². The molecule has 0 unspecified atom stereocenters. The van der Waals surface area contributed by atoms with Crippen molar-refractivity contribution < 1.29 is 0 Å². The summed E-state index contributed by atoms with van der Waals surface area (Å²) >= 11 is 0. The molecule has 0 atom stereocenters. The Morgan fingerprint density at radius 3 is 1.92 bits per heavy atom. The van der Waals surface area contributed by atoms with Crippen molar-refractivity contribution in [3.63, 3.8) is 0 Å². The van der Waals surface area contributed by atoms with Crippen LogP contribution in [0, 0.1) is 0 Å². The van der Waals surface area contributed by atoms with Gasteiger partial charge in [-0.2, -0.15) is 0 Å². The Bertz CT molecular complexity index is 796. The van der Waals surface area contributed by atoms with Crippen LogP contribution in [-0.2, 0) is 6.54 Å². The monoisotopic (exact) mass is 333 g/mol. The van der Waals surface area contributed by atoms with Gasteiger partial charge in [0, 0.05) is 32.7 Å². The average molecular weight is 333 g/mol. The van der Waals surface area contributed by atoms with Gasteiger partial charge in [-0.05, 0) is 52.7 Å². The molecule has 1 aliphatic heterocycles. The van der Waals surface area contributed by atoms with E-state index in [1.54, 1.807) is 0 Å². The second kappa shape index (κ2) is 7.52. The van der Waals surface area contributed by atoms with Gasteiger partial charge in [0.05, 0.1) is 0 Å². The molecule has 0 aromatic heterocycles. The van der Waals surface area contributed by atoms with E-state index in [2.05, 4.69) is 64.4 Å². The summed E-state index contributed by atoms with van der Waals surface area (Å²) < 4.78 is 0. The minimum atomic E-state index is 0.794. The van der Waals surface area contributed by atoms with E-state index in [1.807, 2.05) is 0 Å². The van der Waals surface area contributed by atoms with E-state index in [0.29, 0.717) is 0 Å². The van der Waals surface area contributed by atoms with Gasteiger partial charge >= 0.3 is 0 Å². The topological polar surface area (TPSA) is 32.5 Å². The van der Waals surface area contributed by atoms with Gasteiger partial charge in [-0.15, -0.1) is 0 Å². The lowest BCUT2D eigenvalue weighted by atomic mass is 9.96. The van der Waals surface area contributed by atoms with Crippen molar-refractivity contribution in [3.05, 3.63) is 60.2 Å². The number of fused-ring (bicyclic) bond motifs is 2. The SMILES string of the molecule is NCCCN1CCN(Cc2c3ccccc3cc3ccccc23)CC1. The van der Waals surface area contributed by atoms with Crippen LogP contribution in [0.2, 0.25) is 0 Å². The molecule has 3 aromatic rings. The molecule has 0 bridgehead atoms. The summed E-state index contributed by atoms with van der Waals surface area (Å²) in [4.78, 5) is 5.15. The van der Waals surface area contributed by atoms with Crippen LogP contribution < -0.4 is 5.73 Å². The predicted molar refractivity (Wildman–Crippen MR) is 107 cm³/mol. The van der Waals surface area contributed by atoms with E-state index < -0.39 is 0 Å². The number of rotatable bonds is 5. The van der Waals surface area contributed by atoms with Crippen LogP contribution in [0.25, 0.3) is 21.5 Å². The highest BCUT2D eigenvalue weighted by Crippen LogP contribution is 2.29. The van der Waals surface area contributed by atoms with Crippen LogP contribution in [0.4, 0.5) is 0 Å². The average Bonchev–Trinajstić information content (AvgIpc) is 2.67. The first-order valence-electron chi connectivity index (χ1n) is 9.39. The first kappa shape index (κ1) is 16.5. The molecule has 3 heteroatoms. The number of nitrogens with zero attached hydrogens (tertiary/aromatic N) is 2. The quantitative estimate of drug-likeness (QED) is 0.726. The van der Waals surface area contributed by atoms with Crippen molar-refractivity contribution in [1.82, 2.24) is 9.80 Å². The van der Waals surface area contributed by atoms with Crippen LogP contribution in [0.15, 0.2) is 54.6 Å². The Labute approximate surface area is 150 Å². The zero-order valence-electron chi connectivity index (χ0n) is 14.8. The molecule has 3 nitrogen and oxygen atoms in total. The van der Waals surface area contributed by atoms with E-state index in [0.717, 1.165) is 52.2 Å². The molecule has 130 valence electrons. The molecule has 0 aliphatic carbocycles. The van der Waals surface area contributed by atoms with Crippen LogP contribution in [0.3, 0.4) is 0 Å². The third-order valence-corrected chi connectivity index (χ3v) is 5.41. The number of piperazine rings is 1. The summed E-state index contributed by atoms with van der Waals surface area (Å²) in [6.45, 7) is 7.56. The maximum Gasteiger partial charge on any atom is 0.0247 e. The number of hydrogen-bond acceptors (Lipinski definition) is 3. The summed E-state index contributed by atoms with van der Waals surface area (Å²) in [6.07, 6.45) is 1.11. The molecule has 0 saturated carbocycles. The number of hydrogen-bond donors (Lipinski definition) is 1. The van der Waals surface area contributed by atoms with Gasteiger partial charge < -0.3 is 10.6 Å². The Kier molecular flexibility index (Phi) is 4.97. The fourth-order valence-corrected chi connectivity index (χ4v) is 3.99. The van der Waals surface area contributed by atoms with Crippen molar-refractivity contribution >= 4 is 21.5 Å². The summed E-state index contributed by atoms with van der Waals surface area (Å²) in [5, 5.41) is 5.48. The van der Waals surface area contributed by atoms with Crippen molar-refractivity contribution in [2.45, 2.75) is 13.0 Å². The van der Waals surface area contributed by atoms with Crippen molar-refractivity contribution in [3.8, 4) is 0 Å². The minimum Gasteiger partial charge on any atom is -0.330 e. The van der Waals surface area contributed by atoms with Crippen molar-refractivity contribution in [2.75, 3.05) is 39.3 Å². The molecule has 25 heavy (non-hydrogen) atoms. The number of benzene rings is 3. The molecular weight excluding hydrogens is 306 g/mol. The third-order valence-electron chi connectivity index (χ3n) is 5.41. The Morgan fingerprint density at radius 2 is 1.32 bits per heavy atom. The molecule has 0 radical (unpaired) electrons. The highest BCUT2D eigenvalue weighted by molar-refractivity contribution is 6.02. The Hall–Kier alpha value is -1.94. The predicted octanol–water partition coefficient (Wildman–Crippen LogP) is 3.46. The largest absolute Gasteiger partial charge is 0.330 e. The molecule has 3 aromatic carbocycles. The summed E-state index contributed by atoms with van der Waals surface area (Å²) in [5.41, 5.74) is 7.12. The summed E-state index contributed by atoms with van der Waals surface area (Å²) in [5.74, 6) is 0. The summed E-state index contributed by atoms with van der Waals surface area (Å²) in [7, 11) is 0. The minimum absolute atomic E-state index is 0.794. The van der Waals surface area contributed by atoms with E-state index in [9.17, 15) is 0 Å². The lowest BCUT2D eigenvalue weighted by Gasteiger charge is -2.35. The Balaban J connectivity index is 1.60. The maximum absolute atomic E-state index is 5.64. The van der Waals surface area contributed by atoms with Gasteiger partial charge in [0.1, 0.15) is 0 Å². The molecule has 1 saturated heterocycles.